The SMILES string of the molecule is CN=C(NCc1ccc(COC)cc1)NCc1c(C)nn(C)c1C.I. The molecule has 0 atom stereocenters. The highest BCUT2D eigenvalue weighted by atomic mass is 127. The molecule has 0 spiro atoms. The number of aliphatic imine (C=N–C) groups is 1. The summed E-state index contributed by atoms with van der Waals surface area (Å²) in [5, 5.41) is 11.1. The molecule has 0 saturated carbocycles. The molecule has 138 valence electrons. The number of nitrogens with one attached hydrogen (secondary N) is 2. The van der Waals surface area contributed by atoms with E-state index in [1.165, 1.54) is 22.4 Å². The van der Waals surface area contributed by atoms with Crippen LogP contribution in [0.4, 0.5) is 0 Å². The average Bonchev–Trinajstić information content (AvgIpc) is 2.82. The molecular weight excluding hydrogens is 429 g/mol. The fourth-order valence-electron chi connectivity index (χ4n) is 2.57. The molecule has 1 aromatic heterocycles. The second kappa shape index (κ2) is 10.4. The largest absolute Gasteiger partial charge is 0.380 e. The third-order valence-electron chi connectivity index (χ3n) is 4.11. The lowest BCUT2D eigenvalue weighted by atomic mass is 10.1. The van der Waals surface area contributed by atoms with Gasteiger partial charge in [-0.15, -0.1) is 24.0 Å². The number of rotatable bonds is 6. The minimum absolute atomic E-state index is 0. The van der Waals surface area contributed by atoms with Crippen LogP contribution in [0, 0.1) is 13.8 Å². The van der Waals surface area contributed by atoms with Crippen molar-refractivity contribution >= 4 is 29.9 Å². The molecule has 0 aliphatic carbocycles. The Hall–Kier alpha value is -1.61. The number of aromatic nitrogens is 2. The molecule has 0 radical (unpaired) electrons. The van der Waals surface area contributed by atoms with Crippen molar-refractivity contribution in [3.05, 3.63) is 52.3 Å². The third-order valence-corrected chi connectivity index (χ3v) is 4.11. The molecule has 0 fully saturated rings. The predicted molar refractivity (Wildman–Crippen MR) is 112 cm³/mol. The van der Waals surface area contributed by atoms with Crippen molar-refractivity contribution in [3.8, 4) is 0 Å². The monoisotopic (exact) mass is 457 g/mol. The molecule has 2 N–H and O–H groups in total. The van der Waals surface area contributed by atoms with E-state index in [0.717, 1.165) is 18.2 Å². The molecule has 0 aliphatic rings. The van der Waals surface area contributed by atoms with Crippen LogP contribution in [0.25, 0.3) is 0 Å². The number of guanidine groups is 1. The second-order valence-electron chi connectivity index (χ2n) is 5.80. The van der Waals surface area contributed by atoms with E-state index in [1.54, 1.807) is 14.2 Å². The van der Waals surface area contributed by atoms with Crippen molar-refractivity contribution in [1.29, 1.82) is 0 Å². The Morgan fingerprint density at radius 2 is 1.72 bits per heavy atom. The topological polar surface area (TPSA) is 63.5 Å². The number of benzene rings is 1. The van der Waals surface area contributed by atoms with Gasteiger partial charge in [0, 0.05) is 45.6 Å². The highest BCUT2D eigenvalue weighted by molar-refractivity contribution is 14.0. The van der Waals surface area contributed by atoms with Gasteiger partial charge in [0.1, 0.15) is 0 Å². The van der Waals surface area contributed by atoms with Gasteiger partial charge in [0.05, 0.1) is 12.3 Å². The van der Waals surface area contributed by atoms with E-state index in [2.05, 4.69) is 51.9 Å². The van der Waals surface area contributed by atoms with Gasteiger partial charge in [-0.3, -0.25) is 9.67 Å². The summed E-state index contributed by atoms with van der Waals surface area (Å²) < 4.78 is 7.03. The summed E-state index contributed by atoms with van der Waals surface area (Å²) in [5.41, 5.74) is 5.80. The van der Waals surface area contributed by atoms with Crippen LogP contribution in [0.15, 0.2) is 29.3 Å². The summed E-state index contributed by atoms with van der Waals surface area (Å²) in [6.07, 6.45) is 0. The molecule has 0 bridgehead atoms. The molecule has 7 heteroatoms. The molecular formula is C18H28IN5O. The van der Waals surface area contributed by atoms with Gasteiger partial charge in [-0.25, -0.2) is 0 Å². The highest BCUT2D eigenvalue weighted by Gasteiger charge is 2.09. The third kappa shape index (κ3) is 6.00. The van der Waals surface area contributed by atoms with Gasteiger partial charge in [0.15, 0.2) is 5.96 Å². The summed E-state index contributed by atoms with van der Waals surface area (Å²) in [6, 6.07) is 8.37. The Morgan fingerprint density at radius 1 is 1.12 bits per heavy atom. The Labute approximate surface area is 167 Å². The lowest BCUT2D eigenvalue weighted by Crippen LogP contribution is -2.36. The maximum Gasteiger partial charge on any atom is 0.191 e. The second-order valence-corrected chi connectivity index (χ2v) is 5.80. The Morgan fingerprint density at radius 3 is 2.24 bits per heavy atom. The van der Waals surface area contributed by atoms with Crippen molar-refractivity contribution in [2.75, 3.05) is 14.2 Å². The molecule has 1 aromatic carbocycles. The van der Waals surface area contributed by atoms with Crippen LogP contribution in [0.3, 0.4) is 0 Å². The lowest BCUT2D eigenvalue weighted by Gasteiger charge is -2.12. The summed E-state index contributed by atoms with van der Waals surface area (Å²) in [7, 11) is 5.45. The maximum absolute atomic E-state index is 5.13. The number of ether oxygens (including phenoxy) is 1. The Bertz CT molecular complexity index is 694. The van der Waals surface area contributed by atoms with Crippen molar-refractivity contribution in [3.63, 3.8) is 0 Å². The summed E-state index contributed by atoms with van der Waals surface area (Å²) in [5.74, 6) is 0.777. The van der Waals surface area contributed by atoms with Gasteiger partial charge in [0.25, 0.3) is 0 Å². The summed E-state index contributed by atoms with van der Waals surface area (Å²) >= 11 is 0. The number of halogens is 1. The fraction of sp³-hybridized carbons (Fsp3) is 0.444. The minimum atomic E-state index is 0. The van der Waals surface area contributed by atoms with Crippen LogP contribution in [-0.4, -0.2) is 29.9 Å². The Kier molecular flexibility index (Phi) is 8.91. The van der Waals surface area contributed by atoms with Crippen LogP contribution >= 0.6 is 24.0 Å². The average molecular weight is 457 g/mol. The molecule has 0 aliphatic heterocycles. The molecule has 0 amide bonds. The fourth-order valence-corrected chi connectivity index (χ4v) is 2.57. The van der Waals surface area contributed by atoms with Gasteiger partial charge in [-0.2, -0.15) is 5.10 Å². The standard InChI is InChI=1S/C18H27N5O.HI/c1-13-17(14(2)23(4)22-13)11-21-18(19-3)20-10-15-6-8-16(9-7-15)12-24-5;/h6-9H,10-12H2,1-5H3,(H2,19,20,21);1H. The van der Waals surface area contributed by atoms with Gasteiger partial charge in [-0.05, 0) is 25.0 Å². The zero-order valence-corrected chi connectivity index (χ0v) is 17.9. The lowest BCUT2D eigenvalue weighted by molar-refractivity contribution is 0.185. The van der Waals surface area contributed by atoms with E-state index in [4.69, 9.17) is 4.74 Å². The quantitative estimate of drug-likeness (QED) is 0.398. The number of hydrogen-bond donors (Lipinski definition) is 2. The van der Waals surface area contributed by atoms with Crippen LogP contribution in [0.2, 0.25) is 0 Å². The molecule has 0 saturated heterocycles. The first kappa shape index (κ1) is 21.4. The number of methoxy groups -OCH3 is 1. The normalized spacial score (nSPS) is 11.2. The highest BCUT2D eigenvalue weighted by Crippen LogP contribution is 2.11. The van der Waals surface area contributed by atoms with E-state index in [9.17, 15) is 0 Å². The van der Waals surface area contributed by atoms with Crippen LogP contribution in [0.1, 0.15) is 28.1 Å². The number of hydrogen-bond acceptors (Lipinski definition) is 3. The van der Waals surface area contributed by atoms with Crippen LogP contribution < -0.4 is 10.6 Å². The first-order valence-corrected chi connectivity index (χ1v) is 8.05. The zero-order valence-electron chi connectivity index (χ0n) is 15.6. The molecule has 2 aromatic rings. The molecule has 6 nitrogen and oxygen atoms in total. The van der Waals surface area contributed by atoms with Crippen molar-refractivity contribution < 1.29 is 4.74 Å². The van der Waals surface area contributed by atoms with Crippen molar-refractivity contribution in [1.82, 2.24) is 20.4 Å². The molecule has 0 unspecified atom stereocenters. The number of nitrogens with zero attached hydrogens (tertiary/aromatic N) is 3. The summed E-state index contributed by atoms with van der Waals surface area (Å²) in [4.78, 5) is 4.28. The Balaban J connectivity index is 0.00000312. The van der Waals surface area contributed by atoms with E-state index in [-0.39, 0.29) is 24.0 Å². The molecule has 2 rings (SSSR count). The van der Waals surface area contributed by atoms with E-state index in [1.807, 2.05) is 18.7 Å². The van der Waals surface area contributed by atoms with E-state index < -0.39 is 0 Å². The van der Waals surface area contributed by atoms with Gasteiger partial charge in [0.2, 0.25) is 0 Å². The molecule has 1 heterocycles. The minimum Gasteiger partial charge on any atom is -0.380 e. The molecule has 25 heavy (non-hydrogen) atoms. The smallest absolute Gasteiger partial charge is 0.191 e. The van der Waals surface area contributed by atoms with Crippen molar-refractivity contribution in [2.24, 2.45) is 12.0 Å². The van der Waals surface area contributed by atoms with Crippen LogP contribution in [-0.2, 0) is 31.5 Å². The first-order valence-electron chi connectivity index (χ1n) is 8.05. The van der Waals surface area contributed by atoms with Crippen molar-refractivity contribution in [2.45, 2.75) is 33.5 Å². The predicted octanol–water partition coefficient (Wildman–Crippen LogP) is 2.67. The first-order chi connectivity index (χ1) is 11.5. The van der Waals surface area contributed by atoms with Gasteiger partial charge < -0.3 is 15.4 Å². The summed E-state index contributed by atoms with van der Waals surface area (Å²) in [6.45, 7) is 6.17. The number of aryl methyl sites for hydroxylation is 2. The maximum atomic E-state index is 5.13. The van der Waals surface area contributed by atoms with Crippen LogP contribution in [0.5, 0.6) is 0 Å². The van der Waals surface area contributed by atoms with Gasteiger partial charge >= 0.3 is 0 Å². The zero-order chi connectivity index (χ0) is 17.5. The van der Waals surface area contributed by atoms with Gasteiger partial charge in [-0.1, -0.05) is 24.3 Å². The van der Waals surface area contributed by atoms with E-state index in [0.29, 0.717) is 13.2 Å². The van der Waals surface area contributed by atoms with E-state index >= 15 is 0 Å².